The van der Waals surface area contributed by atoms with Crippen molar-refractivity contribution >= 4 is 10.9 Å². The molecule has 2 rings (SSSR count). The third-order valence-electron chi connectivity index (χ3n) is 2.69. The molecule has 1 aromatic heterocycles. The second-order valence-electron chi connectivity index (χ2n) is 3.56. The molecule has 0 aliphatic heterocycles. The molecular formula is C13H15NO4. The second kappa shape index (κ2) is 5.00. The summed E-state index contributed by atoms with van der Waals surface area (Å²) in [6, 6.07) is 5.33. The van der Waals surface area contributed by atoms with Crippen LogP contribution in [-0.4, -0.2) is 33.4 Å². The van der Waals surface area contributed by atoms with E-state index < -0.39 is 0 Å². The molecule has 0 bridgehead atoms. The number of pyridine rings is 1. The Kier molecular flexibility index (Phi) is 3.41. The molecule has 2 aromatic rings. The first kappa shape index (κ1) is 12.3. The van der Waals surface area contributed by atoms with Crippen molar-refractivity contribution in [1.82, 2.24) is 4.98 Å². The zero-order chi connectivity index (χ0) is 13.1. The predicted molar refractivity (Wildman–Crippen MR) is 68.0 cm³/mol. The molecule has 0 fully saturated rings. The highest BCUT2D eigenvalue weighted by molar-refractivity contribution is 5.95. The van der Waals surface area contributed by atoms with E-state index in [1.807, 2.05) is 6.07 Å². The summed E-state index contributed by atoms with van der Waals surface area (Å²) in [5, 5.41) is 0.764. The van der Waals surface area contributed by atoms with E-state index in [1.54, 1.807) is 40.6 Å². The summed E-state index contributed by atoms with van der Waals surface area (Å²) < 4.78 is 21.1. The average Bonchev–Trinajstić information content (AvgIpc) is 2.44. The Hall–Kier alpha value is -2.17. The van der Waals surface area contributed by atoms with E-state index in [2.05, 4.69) is 4.98 Å². The van der Waals surface area contributed by atoms with Crippen molar-refractivity contribution in [1.29, 1.82) is 0 Å². The average molecular weight is 249 g/mol. The Balaban J connectivity index is 2.86. The van der Waals surface area contributed by atoms with Gasteiger partial charge < -0.3 is 18.9 Å². The highest BCUT2D eigenvalue weighted by Gasteiger charge is 2.15. The SMILES string of the molecule is COc1cc(OC)c2c(OC)ccc(OC)c2n1. The first-order valence-corrected chi connectivity index (χ1v) is 5.38. The number of fused-ring (bicyclic) bond motifs is 1. The quantitative estimate of drug-likeness (QED) is 0.832. The fourth-order valence-electron chi connectivity index (χ4n) is 1.83. The van der Waals surface area contributed by atoms with E-state index >= 15 is 0 Å². The highest BCUT2D eigenvalue weighted by Crippen LogP contribution is 2.39. The molecule has 96 valence electrons. The summed E-state index contributed by atoms with van der Waals surface area (Å²) in [5.41, 5.74) is 0.646. The van der Waals surface area contributed by atoms with Crippen molar-refractivity contribution < 1.29 is 18.9 Å². The number of methoxy groups -OCH3 is 4. The maximum absolute atomic E-state index is 5.36. The summed E-state index contributed by atoms with van der Waals surface area (Å²) in [7, 11) is 6.34. The molecule has 5 nitrogen and oxygen atoms in total. The summed E-state index contributed by atoms with van der Waals surface area (Å²) in [4.78, 5) is 4.37. The molecule has 0 saturated heterocycles. The maximum Gasteiger partial charge on any atom is 0.217 e. The van der Waals surface area contributed by atoms with Crippen molar-refractivity contribution in [3.63, 3.8) is 0 Å². The Bertz CT molecular complexity index is 568. The minimum absolute atomic E-state index is 0.464. The van der Waals surface area contributed by atoms with Crippen LogP contribution < -0.4 is 18.9 Å². The van der Waals surface area contributed by atoms with Gasteiger partial charge in [-0.3, -0.25) is 0 Å². The minimum atomic E-state index is 0.464. The van der Waals surface area contributed by atoms with Crippen LogP contribution in [0.5, 0.6) is 23.1 Å². The topological polar surface area (TPSA) is 49.8 Å². The molecule has 0 amide bonds. The lowest BCUT2D eigenvalue weighted by Crippen LogP contribution is -1.97. The van der Waals surface area contributed by atoms with Crippen molar-refractivity contribution in [2.24, 2.45) is 0 Å². The van der Waals surface area contributed by atoms with Gasteiger partial charge in [0.15, 0.2) is 0 Å². The number of benzene rings is 1. The van der Waals surface area contributed by atoms with E-state index in [0.29, 0.717) is 28.6 Å². The Morgan fingerprint density at radius 2 is 1.39 bits per heavy atom. The Morgan fingerprint density at radius 3 is 1.94 bits per heavy atom. The van der Waals surface area contributed by atoms with Crippen LogP contribution in [0.15, 0.2) is 18.2 Å². The van der Waals surface area contributed by atoms with Gasteiger partial charge in [-0.25, -0.2) is 4.98 Å². The summed E-state index contributed by atoms with van der Waals surface area (Å²) in [6.07, 6.45) is 0. The molecule has 0 saturated carbocycles. The number of aromatic nitrogens is 1. The number of nitrogens with zero attached hydrogens (tertiary/aromatic N) is 1. The van der Waals surface area contributed by atoms with Crippen LogP contribution in [0.3, 0.4) is 0 Å². The zero-order valence-corrected chi connectivity index (χ0v) is 10.8. The highest BCUT2D eigenvalue weighted by atomic mass is 16.5. The standard InChI is InChI=1S/C13H15NO4/c1-15-8-5-6-9(16-2)13-12(8)10(17-3)7-11(14-13)18-4/h5-7H,1-4H3. The summed E-state index contributed by atoms with van der Waals surface area (Å²) >= 11 is 0. The molecule has 0 N–H and O–H groups in total. The van der Waals surface area contributed by atoms with Crippen molar-refractivity contribution in [3.05, 3.63) is 18.2 Å². The van der Waals surface area contributed by atoms with Gasteiger partial charge in [0.1, 0.15) is 22.8 Å². The van der Waals surface area contributed by atoms with E-state index in [0.717, 1.165) is 5.39 Å². The smallest absolute Gasteiger partial charge is 0.217 e. The predicted octanol–water partition coefficient (Wildman–Crippen LogP) is 2.27. The summed E-state index contributed by atoms with van der Waals surface area (Å²) in [5.74, 6) is 2.42. The van der Waals surface area contributed by atoms with Crippen molar-refractivity contribution in [3.8, 4) is 23.1 Å². The second-order valence-corrected chi connectivity index (χ2v) is 3.56. The van der Waals surface area contributed by atoms with Crippen LogP contribution in [0.1, 0.15) is 0 Å². The lowest BCUT2D eigenvalue weighted by molar-refractivity contribution is 0.380. The van der Waals surface area contributed by atoms with Gasteiger partial charge in [0.2, 0.25) is 5.88 Å². The lowest BCUT2D eigenvalue weighted by atomic mass is 10.1. The lowest BCUT2D eigenvalue weighted by Gasteiger charge is -2.13. The molecular weight excluding hydrogens is 234 g/mol. The van der Waals surface area contributed by atoms with Gasteiger partial charge in [-0.1, -0.05) is 0 Å². The molecule has 0 aliphatic rings. The van der Waals surface area contributed by atoms with Gasteiger partial charge in [-0.2, -0.15) is 0 Å². The van der Waals surface area contributed by atoms with Crippen LogP contribution in [-0.2, 0) is 0 Å². The number of ether oxygens (including phenoxy) is 4. The van der Waals surface area contributed by atoms with Crippen molar-refractivity contribution in [2.75, 3.05) is 28.4 Å². The van der Waals surface area contributed by atoms with Gasteiger partial charge in [0.25, 0.3) is 0 Å². The Labute approximate surface area is 105 Å². The van der Waals surface area contributed by atoms with Crippen LogP contribution in [0, 0.1) is 0 Å². The van der Waals surface area contributed by atoms with Crippen LogP contribution >= 0.6 is 0 Å². The largest absolute Gasteiger partial charge is 0.496 e. The van der Waals surface area contributed by atoms with Crippen LogP contribution in [0.2, 0.25) is 0 Å². The minimum Gasteiger partial charge on any atom is -0.496 e. The van der Waals surface area contributed by atoms with Gasteiger partial charge in [0.05, 0.1) is 33.8 Å². The van der Waals surface area contributed by atoms with E-state index in [4.69, 9.17) is 18.9 Å². The fourth-order valence-corrected chi connectivity index (χ4v) is 1.83. The molecule has 0 aliphatic carbocycles. The zero-order valence-electron chi connectivity index (χ0n) is 10.8. The number of hydrogen-bond donors (Lipinski definition) is 0. The van der Waals surface area contributed by atoms with E-state index in [-0.39, 0.29) is 0 Å². The number of rotatable bonds is 4. The normalized spacial score (nSPS) is 10.2. The molecule has 1 aromatic carbocycles. The molecule has 0 radical (unpaired) electrons. The summed E-state index contributed by atoms with van der Waals surface area (Å²) in [6.45, 7) is 0. The van der Waals surface area contributed by atoms with E-state index in [1.165, 1.54) is 0 Å². The van der Waals surface area contributed by atoms with Crippen molar-refractivity contribution in [2.45, 2.75) is 0 Å². The van der Waals surface area contributed by atoms with Gasteiger partial charge in [-0.15, -0.1) is 0 Å². The third kappa shape index (κ3) is 1.88. The Morgan fingerprint density at radius 1 is 0.778 bits per heavy atom. The molecule has 0 atom stereocenters. The van der Waals surface area contributed by atoms with Gasteiger partial charge >= 0.3 is 0 Å². The monoisotopic (exact) mass is 249 g/mol. The molecule has 0 unspecified atom stereocenters. The first-order chi connectivity index (χ1) is 8.74. The molecule has 5 heteroatoms. The molecule has 1 heterocycles. The number of hydrogen-bond acceptors (Lipinski definition) is 5. The molecule has 0 spiro atoms. The van der Waals surface area contributed by atoms with Gasteiger partial charge in [-0.05, 0) is 12.1 Å². The molecule has 18 heavy (non-hydrogen) atoms. The maximum atomic E-state index is 5.36. The van der Waals surface area contributed by atoms with Gasteiger partial charge in [0, 0.05) is 6.07 Å². The van der Waals surface area contributed by atoms with Crippen LogP contribution in [0.25, 0.3) is 10.9 Å². The van der Waals surface area contributed by atoms with Crippen LogP contribution in [0.4, 0.5) is 0 Å². The third-order valence-corrected chi connectivity index (χ3v) is 2.69. The first-order valence-electron chi connectivity index (χ1n) is 5.38. The fraction of sp³-hybridized carbons (Fsp3) is 0.308. The van der Waals surface area contributed by atoms with E-state index in [9.17, 15) is 0 Å².